The summed E-state index contributed by atoms with van der Waals surface area (Å²) in [5.41, 5.74) is -0.694. The second-order valence-corrected chi connectivity index (χ2v) is 3.00. The SMILES string of the molecule is O=[N+]([O-])c1cccc(F)c1S(=O)O. The van der Waals surface area contributed by atoms with Crippen molar-refractivity contribution in [2.75, 3.05) is 0 Å². The van der Waals surface area contributed by atoms with E-state index in [4.69, 9.17) is 4.55 Å². The monoisotopic (exact) mass is 205 g/mol. The fourth-order valence-corrected chi connectivity index (χ4v) is 1.37. The molecular formula is C6H4FNO4S. The Morgan fingerprint density at radius 3 is 2.54 bits per heavy atom. The summed E-state index contributed by atoms with van der Waals surface area (Å²) in [5, 5.41) is 10.3. The van der Waals surface area contributed by atoms with Gasteiger partial charge in [-0.15, -0.1) is 0 Å². The van der Waals surface area contributed by atoms with E-state index in [9.17, 15) is 18.7 Å². The summed E-state index contributed by atoms with van der Waals surface area (Å²) >= 11 is -2.69. The van der Waals surface area contributed by atoms with Crippen molar-refractivity contribution in [3.63, 3.8) is 0 Å². The topological polar surface area (TPSA) is 80.4 Å². The average molecular weight is 205 g/mol. The van der Waals surface area contributed by atoms with E-state index < -0.39 is 32.4 Å². The fourth-order valence-electron chi connectivity index (χ4n) is 0.814. The van der Waals surface area contributed by atoms with Crippen molar-refractivity contribution >= 4 is 16.8 Å². The zero-order chi connectivity index (χ0) is 10.0. The van der Waals surface area contributed by atoms with Crippen LogP contribution in [0.15, 0.2) is 23.1 Å². The molecular weight excluding hydrogens is 201 g/mol. The maximum atomic E-state index is 12.8. The van der Waals surface area contributed by atoms with Crippen LogP contribution in [-0.4, -0.2) is 13.7 Å². The van der Waals surface area contributed by atoms with Gasteiger partial charge in [-0.05, 0) is 6.07 Å². The second-order valence-electron chi connectivity index (χ2n) is 2.09. The maximum Gasteiger partial charge on any atom is 0.290 e. The van der Waals surface area contributed by atoms with Crippen LogP contribution in [0.5, 0.6) is 0 Å². The molecule has 5 nitrogen and oxygen atoms in total. The quantitative estimate of drug-likeness (QED) is 0.448. The van der Waals surface area contributed by atoms with E-state index in [0.717, 1.165) is 18.2 Å². The first-order valence-electron chi connectivity index (χ1n) is 3.08. The lowest BCUT2D eigenvalue weighted by Gasteiger charge is -1.98. The number of nitro benzene ring substituents is 1. The summed E-state index contributed by atoms with van der Waals surface area (Å²) in [6.45, 7) is 0. The Labute approximate surface area is 74.6 Å². The number of halogens is 1. The number of nitro groups is 1. The van der Waals surface area contributed by atoms with Crippen LogP contribution < -0.4 is 0 Å². The molecule has 0 aromatic heterocycles. The third-order valence-electron chi connectivity index (χ3n) is 1.32. The van der Waals surface area contributed by atoms with Gasteiger partial charge in [0.25, 0.3) is 5.69 Å². The highest BCUT2D eigenvalue weighted by atomic mass is 32.2. The van der Waals surface area contributed by atoms with E-state index in [1.165, 1.54) is 0 Å². The van der Waals surface area contributed by atoms with E-state index in [1.54, 1.807) is 0 Å². The van der Waals surface area contributed by atoms with Crippen LogP contribution in [0.2, 0.25) is 0 Å². The summed E-state index contributed by atoms with van der Waals surface area (Å²) in [6, 6.07) is 2.95. The largest absolute Gasteiger partial charge is 0.302 e. The van der Waals surface area contributed by atoms with E-state index in [2.05, 4.69) is 0 Å². The van der Waals surface area contributed by atoms with E-state index in [-0.39, 0.29) is 0 Å². The van der Waals surface area contributed by atoms with E-state index in [1.807, 2.05) is 0 Å². The van der Waals surface area contributed by atoms with Crippen LogP contribution in [0.25, 0.3) is 0 Å². The molecule has 0 aliphatic carbocycles. The van der Waals surface area contributed by atoms with Crippen molar-refractivity contribution in [3.05, 3.63) is 34.1 Å². The van der Waals surface area contributed by atoms with Gasteiger partial charge in [0.1, 0.15) is 5.82 Å². The lowest BCUT2D eigenvalue weighted by molar-refractivity contribution is -0.388. The normalized spacial score (nSPS) is 12.5. The molecule has 0 saturated heterocycles. The van der Waals surface area contributed by atoms with Gasteiger partial charge in [0, 0.05) is 6.07 Å². The molecule has 7 heteroatoms. The van der Waals surface area contributed by atoms with Gasteiger partial charge in [-0.2, -0.15) is 0 Å². The lowest BCUT2D eigenvalue weighted by Crippen LogP contribution is -2.00. The Hall–Kier alpha value is -1.34. The number of benzene rings is 1. The minimum atomic E-state index is -2.69. The van der Waals surface area contributed by atoms with Gasteiger partial charge in [0.2, 0.25) is 0 Å². The predicted molar refractivity (Wildman–Crippen MR) is 42.1 cm³/mol. The number of nitrogens with zero attached hydrogens (tertiary/aromatic N) is 1. The van der Waals surface area contributed by atoms with Crippen molar-refractivity contribution in [1.29, 1.82) is 0 Å². The first-order chi connectivity index (χ1) is 6.04. The molecule has 0 saturated carbocycles. The van der Waals surface area contributed by atoms with Gasteiger partial charge < -0.3 is 4.55 Å². The minimum absolute atomic E-state index is 0.694. The van der Waals surface area contributed by atoms with Gasteiger partial charge in [-0.25, -0.2) is 8.60 Å². The Kier molecular flexibility index (Phi) is 2.69. The van der Waals surface area contributed by atoms with Crippen LogP contribution in [0, 0.1) is 15.9 Å². The van der Waals surface area contributed by atoms with Crippen LogP contribution in [0.3, 0.4) is 0 Å². The molecule has 1 unspecified atom stereocenters. The lowest BCUT2D eigenvalue weighted by atomic mass is 10.3. The highest BCUT2D eigenvalue weighted by Crippen LogP contribution is 2.23. The summed E-state index contributed by atoms with van der Waals surface area (Å²) < 4.78 is 31.9. The Morgan fingerprint density at radius 2 is 2.15 bits per heavy atom. The van der Waals surface area contributed by atoms with Crippen LogP contribution in [0.4, 0.5) is 10.1 Å². The third-order valence-corrected chi connectivity index (χ3v) is 2.07. The summed E-state index contributed by atoms with van der Waals surface area (Å²) in [4.78, 5) is 8.56. The first-order valence-corrected chi connectivity index (χ1v) is 4.18. The molecule has 0 bridgehead atoms. The molecule has 0 radical (unpaired) electrons. The van der Waals surface area contributed by atoms with Gasteiger partial charge in [0.15, 0.2) is 16.0 Å². The molecule has 1 aromatic carbocycles. The Balaban J connectivity index is 3.43. The summed E-state index contributed by atoms with van der Waals surface area (Å²) in [5.74, 6) is -1.06. The van der Waals surface area contributed by atoms with Crippen molar-refractivity contribution in [2.24, 2.45) is 0 Å². The summed E-state index contributed by atoms with van der Waals surface area (Å²) in [7, 11) is 0. The predicted octanol–water partition coefficient (Wildman–Crippen LogP) is 1.31. The number of hydrogen-bond donors (Lipinski definition) is 1. The van der Waals surface area contributed by atoms with Crippen molar-refractivity contribution < 1.29 is 18.1 Å². The van der Waals surface area contributed by atoms with Crippen LogP contribution >= 0.6 is 0 Å². The molecule has 1 aromatic rings. The molecule has 0 heterocycles. The average Bonchev–Trinajstić information content (AvgIpc) is 2.02. The smallest absolute Gasteiger partial charge is 0.290 e. The third kappa shape index (κ3) is 1.87. The molecule has 70 valence electrons. The first kappa shape index (κ1) is 9.75. The zero-order valence-corrected chi connectivity index (χ0v) is 6.95. The van der Waals surface area contributed by atoms with Gasteiger partial charge in [-0.1, -0.05) is 6.07 Å². The van der Waals surface area contributed by atoms with E-state index >= 15 is 0 Å². The van der Waals surface area contributed by atoms with Crippen molar-refractivity contribution in [1.82, 2.24) is 0 Å². The van der Waals surface area contributed by atoms with Crippen LogP contribution in [-0.2, 0) is 11.1 Å². The van der Waals surface area contributed by atoms with Crippen molar-refractivity contribution in [2.45, 2.75) is 4.90 Å². The Morgan fingerprint density at radius 1 is 1.54 bits per heavy atom. The molecule has 1 atom stereocenters. The molecule has 1 rings (SSSR count). The molecule has 0 aliphatic rings. The molecule has 1 N–H and O–H groups in total. The van der Waals surface area contributed by atoms with Crippen LogP contribution in [0.1, 0.15) is 0 Å². The molecule has 0 amide bonds. The highest BCUT2D eigenvalue weighted by molar-refractivity contribution is 7.79. The molecule has 0 aliphatic heterocycles. The van der Waals surface area contributed by atoms with E-state index in [0.29, 0.717) is 0 Å². The van der Waals surface area contributed by atoms with Crippen molar-refractivity contribution in [3.8, 4) is 0 Å². The Bertz CT molecular complexity index is 381. The van der Waals surface area contributed by atoms with Gasteiger partial charge >= 0.3 is 0 Å². The zero-order valence-electron chi connectivity index (χ0n) is 6.14. The summed E-state index contributed by atoms with van der Waals surface area (Å²) in [6.07, 6.45) is 0. The van der Waals surface area contributed by atoms with Gasteiger partial charge in [-0.3, -0.25) is 10.1 Å². The minimum Gasteiger partial charge on any atom is -0.302 e. The number of rotatable bonds is 2. The van der Waals surface area contributed by atoms with Gasteiger partial charge in [0.05, 0.1) is 4.92 Å². The molecule has 0 fully saturated rings. The maximum absolute atomic E-state index is 12.8. The molecule has 13 heavy (non-hydrogen) atoms. The fraction of sp³-hybridized carbons (Fsp3) is 0. The highest BCUT2D eigenvalue weighted by Gasteiger charge is 2.21. The second kappa shape index (κ2) is 3.58. The number of hydrogen-bond acceptors (Lipinski definition) is 3. The standard InChI is InChI=1S/C6H4FNO4S/c7-4-2-1-3-5(8(9)10)6(4)13(11)12/h1-3H,(H,11,12). The molecule has 0 spiro atoms.